The van der Waals surface area contributed by atoms with Gasteiger partial charge in [0.2, 0.25) is 11.8 Å². The zero-order chi connectivity index (χ0) is 18.4. The lowest BCUT2D eigenvalue weighted by molar-refractivity contribution is -0.144. The Kier molecular flexibility index (Phi) is 7.66. The van der Waals surface area contributed by atoms with Crippen LogP contribution in [0.1, 0.15) is 47.0 Å². The molecule has 24 heavy (non-hydrogen) atoms. The third kappa shape index (κ3) is 5.78. The second-order valence-electron chi connectivity index (χ2n) is 7.40. The third-order valence-corrected chi connectivity index (χ3v) is 4.45. The Hall–Kier alpha value is -1.63. The molecule has 1 aliphatic heterocycles. The summed E-state index contributed by atoms with van der Waals surface area (Å²) in [5, 5.41) is 11.8. The number of nitrogens with one attached hydrogen (secondary N) is 1. The molecule has 0 aromatic rings. The number of carboxylic acids is 1. The van der Waals surface area contributed by atoms with Gasteiger partial charge < -0.3 is 21.1 Å². The van der Waals surface area contributed by atoms with E-state index in [1.165, 1.54) is 0 Å². The zero-order valence-corrected chi connectivity index (χ0v) is 15.1. The Morgan fingerprint density at radius 2 is 1.71 bits per heavy atom. The Labute approximate surface area is 144 Å². The van der Waals surface area contributed by atoms with Crippen molar-refractivity contribution in [2.75, 3.05) is 13.1 Å². The highest BCUT2D eigenvalue weighted by Gasteiger charge is 2.32. The molecule has 0 aromatic heterocycles. The SMILES string of the molecule is CC(C)CC(N)C(=O)N1CCC(C(=O)NC(C(=O)O)C(C)C)CC1. The van der Waals surface area contributed by atoms with Gasteiger partial charge in [-0.2, -0.15) is 0 Å². The summed E-state index contributed by atoms with van der Waals surface area (Å²) in [5.74, 6) is -1.40. The molecule has 2 unspecified atom stereocenters. The number of carbonyl (C=O) groups is 3. The fraction of sp³-hybridized carbons (Fsp3) is 0.824. The molecule has 1 saturated heterocycles. The monoisotopic (exact) mass is 341 g/mol. The van der Waals surface area contributed by atoms with Crippen molar-refractivity contribution in [1.82, 2.24) is 10.2 Å². The van der Waals surface area contributed by atoms with Crippen LogP contribution in [0.15, 0.2) is 0 Å². The van der Waals surface area contributed by atoms with E-state index in [2.05, 4.69) is 5.32 Å². The van der Waals surface area contributed by atoms with Crippen LogP contribution in [0.5, 0.6) is 0 Å². The number of nitrogens with two attached hydrogens (primary N) is 1. The van der Waals surface area contributed by atoms with Gasteiger partial charge in [0.05, 0.1) is 6.04 Å². The number of amides is 2. The van der Waals surface area contributed by atoms with Gasteiger partial charge in [-0.3, -0.25) is 9.59 Å². The summed E-state index contributed by atoms with van der Waals surface area (Å²) >= 11 is 0. The second kappa shape index (κ2) is 9.01. The summed E-state index contributed by atoms with van der Waals surface area (Å²) < 4.78 is 0. The van der Waals surface area contributed by atoms with Crippen molar-refractivity contribution in [3.05, 3.63) is 0 Å². The molecule has 1 aliphatic rings. The molecule has 138 valence electrons. The maximum absolute atomic E-state index is 12.3. The van der Waals surface area contributed by atoms with Crippen LogP contribution in [0.4, 0.5) is 0 Å². The van der Waals surface area contributed by atoms with E-state index >= 15 is 0 Å². The molecule has 0 aromatic carbocycles. The molecule has 0 aliphatic carbocycles. The van der Waals surface area contributed by atoms with Crippen molar-refractivity contribution < 1.29 is 19.5 Å². The average molecular weight is 341 g/mol. The predicted octanol–water partition coefficient (Wildman–Crippen LogP) is 0.824. The molecule has 0 spiro atoms. The molecule has 0 saturated carbocycles. The molecular formula is C17H31N3O4. The number of nitrogens with zero attached hydrogens (tertiary/aromatic N) is 1. The molecule has 7 nitrogen and oxygen atoms in total. The molecule has 2 amide bonds. The van der Waals surface area contributed by atoms with Crippen molar-refractivity contribution in [3.8, 4) is 0 Å². The minimum Gasteiger partial charge on any atom is -0.480 e. The molecule has 1 rings (SSSR count). The van der Waals surface area contributed by atoms with Crippen LogP contribution < -0.4 is 11.1 Å². The first kappa shape index (κ1) is 20.4. The number of rotatable bonds is 7. The lowest BCUT2D eigenvalue weighted by Crippen LogP contribution is -2.51. The number of carbonyl (C=O) groups excluding carboxylic acids is 2. The van der Waals surface area contributed by atoms with Crippen LogP contribution in [-0.4, -0.2) is 53.0 Å². The third-order valence-electron chi connectivity index (χ3n) is 4.45. The van der Waals surface area contributed by atoms with E-state index in [0.29, 0.717) is 38.3 Å². The van der Waals surface area contributed by atoms with Gasteiger partial charge in [-0.1, -0.05) is 27.7 Å². The van der Waals surface area contributed by atoms with E-state index in [4.69, 9.17) is 10.8 Å². The standard InChI is InChI=1S/C17H31N3O4/c1-10(2)9-13(18)16(22)20-7-5-12(6-8-20)15(21)19-14(11(3)4)17(23)24/h10-14H,5-9,18H2,1-4H3,(H,19,21)(H,23,24). The highest BCUT2D eigenvalue weighted by Crippen LogP contribution is 2.19. The van der Waals surface area contributed by atoms with Crippen molar-refractivity contribution in [1.29, 1.82) is 0 Å². The highest BCUT2D eigenvalue weighted by atomic mass is 16.4. The molecule has 7 heteroatoms. The second-order valence-corrected chi connectivity index (χ2v) is 7.40. The first-order chi connectivity index (χ1) is 11.1. The van der Waals surface area contributed by atoms with Crippen LogP contribution in [0.3, 0.4) is 0 Å². The Bertz CT molecular complexity index is 457. The van der Waals surface area contributed by atoms with Crippen LogP contribution in [0.2, 0.25) is 0 Å². The van der Waals surface area contributed by atoms with Crippen molar-refractivity contribution in [2.24, 2.45) is 23.5 Å². The number of hydrogen-bond acceptors (Lipinski definition) is 4. The van der Waals surface area contributed by atoms with E-state index in [-0.39, 0.29) is 23.7 Å². The summed E-state index contributed by atoms with van der Waals surface area (Å²) in [4.78, 5) is 37.5. The molecular weight excluding hydrogens is 310 g/mol. The Morgan fingerprint density at radius 3 is 2.12 bits per heavy atom. The summed E-state index contributed by atoms with van der Waals surface area (Å²) in [6, 6.07) is -1.37. The van der Waals surface area contributed by atoms with Gasteiger partial charge in [-0.25, -0.2) is 4.79 Å². The van der Waals surface area contributed by atoms with Gasteiger partial charge in [-0.05, 0) is 31.1 Å². The van der Waals surface area contributed by atoms with Gasteiger partial charge in [0.15, 0.2) is 0 Å². The van der Waals surface area contributed by atoms with E-state index in [1.54, 1.807) is 18.7 Å². The number of aliphatic carboxylic acids is 1. The maximum Gasteiger partial charge on any atom is 0.326 e. The maximum atomic E-state index is 12.3. The predicted molar refractivity (Wildman–Crippen MR) is 91.1 cm³/mol. The van der Waals surface area contributed by atoms with E-state index < -0.39 is 18.1 Å². The molecule has 4 N–H and O–H groups in total. The van der Waals surface area contributed by atoms with Gasteiger partial charge in [0.25, 0.3) is 0 Å². The van der Waals surface area contributed by atoms with Crippen molar-refractivity contribution in [2.45, 2.75) is 59.0 Å². The van der Waals surface area contributed by atoms with Crippen molar-refractivity contribution in [3.63, 3.8) is 0 Å². The van der Waals surface area contributed by atoms with Crippen LogP contribution in [0, 0.1) is 17.8 Å². The topological polar surface area (TPSA) is 113 Å². The first-order valence-corrected chi connectivity index (χ1v) is 8.71. The van der Waals surface area contributed by atoms with Gasteiger partial charge in [0.1, 0.15) is 6.04 Å². The van der Waals surface area contributed by atoms with Crippen LogP contribution in [0.25, 0.3) is 0 Å². The summed E-state index contributed by atoms with van der Waals surface area (Å²) in [6.07, 6.45) is 1.72. The summed E-state index contributed by atoms with van der Waals surface area (Å²) in [5.41, 5.74) is 5.94. The minimum atomic E-state index is -1.02. The minimum absolute atomic E-state index is 0.0619. The van der Waals surface area contributed by atoms with E-state index in [1.807, 2.05) is 13.8 Å². The van der Waals surface area contributed by atoms with Crippen LogP contribution in [-0.2, 0) is 14.4 Å². The highest BCUT2D eigenvalue weighted by molar-refractivity contribution is 5.86. The smallest absolute Gasteiger partial charge is 0.326 e. The molecule has 1 fully saturated rings. The normalized spacial score (nSPS) is 18.5. The number of carboxylic acid groups (broad SMARTS) is 1. The van der Waals surface area contributed by atoms with Crippen molar-refractivity contribution >= 4 is 17.8 Å². The van der Waals surface area contributed by atoms with Gasteiger partial charge in [-0.15, -0.1) is 0 Å². The first-order valence-electron chi connectivity index (χ1n) is 8.71. The zero-order valence-electron chi connectivity index (χ0n) is 15.1. The fourth-order valence-electron chi connectivity index (χ4n) is 2.99. The fourth-order valence-corrected chi connectivity index (χ4v) is 2.99. The van der Waals surface area contributed by atoms with E-state index in [0.717, 1.165) is 0 Å². The average Bonchev–Trinajstić information content (AvgIpc) is 2.50. The molecule has 0 radical (unpaired) electrons. The largest absolute Gasteiger partial charge is 0.480 e. The number of likely N-dealkylation sites (tertiary alicyclic amines) is 1. The lowest BCUT2D eigenvalue weighted by Gasteiger charge is -2.33. The molecule has 1 heterocycles. The molecule has 2 atom stereocenters. The van der Waals surface area contributed by atoms with Crippen LogP contribution >= 0.6 is 0 Å². The van der Waals surface area contributed by atoms with Gasteiger partial charge >= 0.3 is 5.97 Å². The quantitative estimate of drug-likeness (QED) is 0.635. The van der Waals surface area contributed by atoms with E-state index in [9.17, 15) is 14.4 Å². The van der Waals surface area contributed by atoms with Gasteiger partial charge in [0, 0.05) is 19.0 Å². The lowest BCUT2D eigenvalue weighted by atomic mass is 9.93. The molecule has 0 bridgehead atoms. The Balaban J connectivity index is 2.51. The number of hydrogen-bond donors (Lipinski definition) is 3. The Morgan fingerprint density at radius 1 is 1.17 bits per heavy atom. The summed E-state index contributed by atoms with van der Waals surface area (Å²) in [6.45, 7) is 8.55. The number of piperidine rings is 1. The summed E-state index contributed by atoms with van der Waals surface area (Å²) in [7, 11) is 0.